The Morgan fingerprint density at radius 2 is 1.54 bits per heavy atom. The largest absolute Gasteiger partial charge is 0.427 e. The van der Waals surface area contributed by atoms with E-state index < -0.39 is 29.4 Å². The van der Waals surface area contributed by atoms with E-state index in [-0.39, 0.29) is 17.3 Å². The fraction of sp³-hybridized carbons (Fsp3) is 0.147. The van der Waals surface area contributed by atoms with Crippen LogP contribution in [-0.4, -0.2) is 40.4 Å². The van der Waals surface area contributed by atoms with Gasteiger partial charge in [0.2, 0.25) is 0 Å². The first kappa shape index (κ1) is 24.8. The summed E-state index contributed by atoms with van der Waals surface area (Å²) in [4.78, 5) is 61.5. The van der Waals surface area contributed by atoms with Crippen molar-refractivity contribution in [2.45, 2.75) is 24.9 Å². The number of Topliss-reactive ketones (excluding diaryl/α,β-unsaturated/α-hetero) is 3. The van der Waals surface area contributed by atoms with Crippen molar-refractivity contribution in [1.29, 1.82) is 0 Å². The predicted octanol–water partition coefficient (Wildman–Crippen LogP) is 5.32. The van der Waals surface area contributed by atoms with Crippen LogP contribution in [0.2, 0.25) is 0 Å². The molecule has 4 aromatic rings. The molecule has 0 N–H and O–H groups in total. The molecular weight excluding hydrogens is 516 g/mol. The van der Waals surface area contributed by atoms with E-state index in [1.165, 1.54) is 6.92 Å². The van der Waals surface area contributed by atoms with Gasteiger partial charge in [-0.1, -0.05) is 60.7 Å². The molecule has 1 fully saturated rings. The summed E-state index contributed by atoms with van der Waals surface area (Å²) in [7, 11) is 0. The molecule has 1 spiro atoms. The number of esters is 1. The average molecular weight is 541 g/mol. The summed E-state index contributed by atoms with van der Waals surface area (Å²) in [5.41, 5.74) is 1.85. The second kappa shape index (κ2) is 9.20. The fourth-order valence-corrected chi connectivity index (χ4v) is 6.87. The van der Waals surface area contributed by atoms with Gasteiger partial charge >= 0.3 is 5.97 Å². The highest BCUT2D eigenvalue weighted by molar-refractivity contribution is 6.32. The van der Waals surface area contributed by atoms with Gasteiger partial charge in [0, 0.05) is 47.6 Å². The molecule has 7 rings (SSSR count). The molecule has 2 aliphatic heterocycles. The van der Waals surface area contributed by atoms with Crippen molar-refractivity contribution in [3.63, 3.8) is 0 Å². The Morgan fingerprint density at radius 1 is 0.854 bits per heavy atom. The first-order valence-electron chi connectivity index (χ1n) is 13.4. The quantitative estimate of drug-likeness (QED) is 0.150. The molecule has 7 nitrogen and oxygen atoms in total. The standard InChI is InChI=1S/C34H24N2O5/c1-20(37)41-24-15-12-22(13-16-24)31(38)30-29(23-8-6-18-35-19-23)34(32(39)25-9-3-4-10-26(25)33(34)40)28-17-14-21-7-2-5-11-27(21)36(28)30/h2-19,28-30H,1H3. The molecule has 3 heterocycles. The summed E-state index contributed by atoms with van der Waals surface area (Å²) >= 11 is 0. The van der Waals surface area contributed by atoms with Crippen LogP contribution in [0.5, 0.6) is 5.75 Å². The Kier molecular flexibility index (Phi) is 5.57. The highest BCUT2D eigenvalue weighted by atomic mass is 16.5. The molecule has 3 atom stereocenters. The van der Waals surface area contributed by atoms with Crippen LogP contribution in [0.4, 0.5) is 5.69 Å². The van der Waals surface area contributed by atoms with Gasteiger partial charge in [0.15, 0.2) is 17.3 Å². The van der Waals surface area contributed by atoms with Crippen molar-refractivity contribution in [3.8, 4) is 5.75 Å². The third-order valence-electron chi connectivity index (χ3n) is 8.43. The minimum Gasteiger partial charge on any atom is -0.427 e. The minimum absolute atomic E-state index is 0.253. The van der Waals surface area contributed by atoms with Crippen LogP contribution >= 0.6 is 0 Å². The number of hydrogen-bond acceptors (Lipinski definition) is 7. The number of aromatic nitrogens is 1. The molecule has 0 saturated carbocycles. The van der Waals surface area contributed by atoms with Crippen LogP contribution in [0, 0.1) is 5.41 Å². The van der Waals surface area contributed by atoms with Gasteiger partial charge in [-0.15, -0.1) is 0 Å². The lowest BCUT2D eigenvalue weighted by Gasteiger charge is -2.37. The van der Waals surface area contributed by atoms with Gasteiger partial charge in [0.1, 0.15) is 17.2 Å². The first-order chi connectivity index (χ1) is 19.9. The molecule has 1 aliphatic carbocycles. The first-order valence-corrected chi connectivity index (χ1v) is 13.4. The van der Waals surface area contributed by atoms with E-state index in [9.17, 15) is 19.2 Å². The Labute approximate surface area is 236 Å². The van der Waals surface area contributed by atoms with Gasteiger partial charge in [0.05, 0.1) is 6.04 Å². The third kappa shape index (κ3) is 3.48. The lowest BCUT2D eigenvalue weighted by molar-refractivity contribution is -0.131. The minimum atomic E-state index is -1.57. The summed E-state index contributed by atoms with van der Waals surface area (Å²) < 4.78 is 5.17. The number of ketones is 3. The third-order valence-corrected chi connectivity index (χ3v) is 8.43. The molecule has 1 saturated heterocycles. The smallest absolute Gasteiger partial charge is 0.308 e. The van der Waals surface area contributed by atoms with Crippen LogP contribution in [0.3, 0.4) is 0 Å². The zero-order chi connectivity index (χ0) is 28.3. The van der Waals surface area contributed by atoms with Crippen LogP contribution in [-0.2, 0) is 4.79 Å². The average Bonchev–Trinajstić information content (AvgIpc) is 3.43. The normalized spacial score (nSPS) is 21.4. The van der Waals surface area contributed by atoms with E-state index in [4.69, 9.17) is 4.74 Å². The number of fused-ring (bicyclic) bond motifs is 5. The van der Waals surface area contributed by atoms with Crippen molar-refractivity contribution in [1.82, 2.24) is 4.98 Å². The number of rotatable bonds is 4. The molecule has 1 aromatic heterocycles. The van der Waals surface area contributed by atoms with Gasteiger partial charge in [-0.25, -0.2) is 0 Å². The molecule has 3 unspecified atom stereocenters. The molecule has 200 valence electrons. The molecule has 0 radical (unpaired) electrons. The van der Waals surface area contributed by atoms with E-state index in [1.807, 2.05) is 47.4 Å². The number of anilines is 1. The van der Waals surface area contributed by atoms with E-state index in [0.29, 0.717) is 28.0 Å². The van der Waals surface area contributed by atoms with Gasteiger partial charge < -0.3 is 9.64 Å². The highest BCUT2D eigenvalue weighted by Gasteiger charge is 2.71. The number of ether oxygens (including phenoxy) is 1. The van der Waals surface area contributed by atoms with Crippen molar-refractivity contribution < 1.29 is 23.9 Å². The van der Waals surface area contributed by atoms with Crippen LogP contribution in [0.1, 0.15) is 55.0 Å². The number of para-hydroxylation sites is 1. The lowest BCUT2D eigenvalue weighted by Crippen LogP contribution is -2.48. The number of benzene rings is 3. The van der Waals surface area contributed by atoms with Crippen LogP contribution in [0.15, 0.2) is 103 Å². The summed E-state index contributed by atoms with van der Waals surface area (Å²) in [5.74, 6) is -1.79. The van der Waals surface area contributed by atoms with Crippen molar-refractivity contribution in [2.75, 3.05) is 4.90 Å². The zero-order valence-corrected chi connectivity index (χ0v) is 22.1. The number of pyridine rings is 1. The maximum absolute atomic E-state index is 14.6. The lowest BCUT2D eigenvalue weighted by atomic mass is 9.64. The van der Waals surface area contributed by atoms with Crippen LogP contribution < -0.4 is 9.64 Å². The van der Waals surface area contributed by atoms with E-state index in [0.717, 1.165) is 11.3 Å². The Balaban J connectivity index is 1.48. The molecule has 0 bridgehead atoms. The second-order valence-electron chi connectivity index (χ2n) is 10.5. The van der Waals surface area contributed by atoms with Gasteiger partial charge in [-0.2, -0.15) is 0 Å². The topological polar surface area (TPSA) is 93.6 Å². The Morgan fingerprint density at radius 3 is 2.20 bits per heavy atom. The maximum Gasteiger partial charge on any atom is 0.308 e. The molecule has 7 heteroatoms. The van der Waals surface area contributed by atoms with Crippen molar-refractivity contribution in [3.05, 3.63) is 131 Å². The van der Waals surface area contributed by atoms with Crippen molar-refractivity contribution >= 4 is 35.1 Å². The van der Waals surface area contributed by atoms with Gasteiger partial charge in [0.25, 0.3) is 0 Å². The summed E-state index contributed by atoms with van der Waals surface area (Å²) in [6, 6.07) is 22.9. The SMILES string of the molecule is CC(=O)Oc1ccc(C(=O)C2C(c3cccnc3)C3(C(=O)c4ccccc4C3=O)C3C=Cc4ccccc4N23)cc1. The fourth-order valence-electron chi connectivity index (χ4n) is 6.87. The number of carbonyl (C=O) groups is 4. The number of carbonyl (C=O) groups excluding carboxylic acids is 4. The van der Waals surface area contributed by atoms with E-state index in [1.54, 1.807) is 67.0 Å². The summed E-state index contributed by atoms with van der Waals surface area (Å²) in [6.07, 6.45) is 7.10. The molecule has 0 amide bonds. The van der Waals surface area contributed by atoms with Gasteiger partial charge in [-0.05, 0) is 47.5 Å². The van der Waals surface area contributed by atoms with Crippen molar-refractivity contribution in [2.24, 2.45) is 5.41 Å². The van der Waals surface area contributed by atoms with E-state index in [2.05, 4.69) is 4.98 Å². The zero-order valence-electron chi connectivity index (χ0n) is 22.1. The maximum atomic E-state index is 14.6. The highest BCUT2D eigenvalue weighted by Crippen LogP contribution is 2.60. The molecule has 3 aromatic carbocycles. The number of hydrogen-bond donors (Lipinski definition) is 0. The summed E-state index contributed by atoms with van der Waals surface area (Å²) in [5, 5.41) is 0. The molecule has 41 heavy (non-hydrogen) atoms. The van der Waals surface area contributed by atoms with E-state index >= 15 is 0 Å². The molecule has 3 aliphatic rings. The monoisotopic (exact) mass is 540 g/mol. The number of nitrogens with zero attached hydrogens (tertiary/aromatic N) is 2. The Hall–Kier alpha value is -5.17. The molecular formula is C34H24N2O5. The Bertz CT molecular complexity index is 1740. The summed E-state index contributed by atoms with van der Waals surface area (Å²) in [6.45, 7) is 1.31. The predicted molar refractivity (Wildman–Crippen MR) is 152 cm³/mol. The van der Waals surface area contributed by atoms with Gasteiger partial charge in [-0.3, -0.25) is 24.2 Å². The second-order valence-corrected chi connectivity index (χ2v) is 10.5. The van der Waals surface area contributed by atoms with Crippen LogP contribution in [0.25, 0.3) is 6.08 Å².